The van der Waals surface area contributed by atoms with Crippen LogP contribution in [0.1, 0.15) is 5.82 Å². The van der Waals surface area contributed by atoms with E-state index in [0.717, 1.165) is 50.2 Å². The Morgan fingerprint density at radius 2 is 1.66 bits per heavy atom. The van der Waals surface area contributed by atoms with E-state index in [1.54, 1.807) is 9.20 Å². The van der Waals surface area contributed by atoms with Gasteiger partial charge in [-0.3, -0.25) is 0 Å². The number of aromatic nitrogens is 7. The summed E-state index contributed by atoms with van der Waals surface area (Å²) in [5, 5.41) is 20.8. The average molecular weight is 377 g/mol. The zero-order valence-electron chi connectivity index (χ0n) is 15.6. The molecule has 138 valence electrons. The Bertz CT molecular complexity index is 1530. The number of hydrogen-bond acceptors (Lipinski definition) is 5. The van der Waals surface area contributed by atoms with Crippen molar-refractivity contribution in [2.75, 3.05) is 0 Å². The van der Waals surface area contributed by atoms with Crippen LogP contribution in [0.15, 0.2) is 73.1 Å². The van der Waals surface area contributed by atoms with Crippen molar-refractivity contribution < 1.29 is 0 Å². The highest BCUT2D eigenvalue weighted by atomic mass is 15.4. The summed E-state index contributed by atoms with van der Waals surface area (Å²) in [6.45, 7) is 1.89. The third-order valence-electron chi connectivity index (χ3n) is 5.09. The van der Waals surface area contributed by atoms with Crippen LogP contribution in [0, 0.1) is 6.92 Å². The van der Waals surface area contributed by atoms with Crippen LogP contribution >= 0.6 is 0 Å². The summed E-state index contributed by atoms with van der Waals surface area (Å²) in [5.41, 5.74) is 3.51. The molecule has 0 bridgehead atoms. The van der Waals surface area contributed by atoms with Gasteiger partial charge in [-0.05, 0) is 19.1 Å². The maximum absolute atomic E-state index is 4.77. The third-order valence-corrected chi connectivity index (χ3v) is 5.09. The quantitative estimate of drug-likeness (QED) is 0.456. The molecule has 0 saturated carbocycles. The van der Waals surface area contributed by atoms with E-state index < -0.39 is 0 Å². The van der Waals surface area contributed by atoms with Crippen molar-refractivity contribution >= 4 is 27.3 Å². The van der Waals surface area contributed by atoms with Crippen LogP contribution in [-0.4, -0.2) is 34.6 Å². The molecule has 0 spiro atoms. The van der Waals surface area contributed by atoms with E-state index in [9.17, 15) is 0 Å². The number of hydrogen-bond donors (Lipinski definition) is 0. The fraction of sp³-hybridized carbons (Fsp3) is 0.0455. The molecule has 6 aromatic rings. The highest BCUT2D eigenvalue weighted by molar-refractivity contribution is 5.97. The smallest absolute Gasteiger partial charge is 0.185 e. The van der Waals surface area contributed by atoms with Gasteiger partial charge in [0.15, 0.2) is 17.3 Å². The van der Waals surface area contributed by atoms with Gasteiger partial charge in [0.25, 0.3) is 0 Å². The minimum Gasteiger partial charge on any atom is -0.248 e. The predicted octanol–water partition coefficient (Wildman–Crippen LogP) is 3.99. The molecular formula is C22H15N7. The maximum Gasteiger partial charge on any atom is 0.185 e. The van der Waals surface area contributed by atoms with E-state index in [1.807, 2.05) is 67.8 Å². The van der Waals surface area contributed by atoms with Gasteiger partial charge in [0.2, 0.25) is 0 Å². The molecule has 4 heterocycles. The Labute approximate surface area is 165 Å². The van der Waals surface area contributed by atoms with E-state index in [-0.39, 0.29) is 0 Å². The van der Waals surface area contributed by atoms with Gasteiger partial charge in [-0.25, -0.2) is 9.67 Å². The van der Waals surface area contributed by atoms with Crippen LogP contribution in [0.2, 0.25) is 0 Å². The number of rotatable bonds is 2. The maximum atomic E-state index is 4.77. The van der Waals surface area contributed by atoms with Gasteiger partial charge in [-0.15, -0.1) is 15.3 Å². The number of para-hydroxylation sites is 1. The molecule has 0 aliphatic rings. The summed E-state index contributed by atoms with van der Waals surface area (Å²) < 4.78 is 3.54. The lowest BCUT2D eigenvalue weighted by atomic mass is 10.1. The number of pyridine rings is 1. The lowest BCUT2D eigenvalue weighted by molar-refractivity contribution is 0.788. The zero-order chi connectivity index (χ0) is 19.4. The van der Waals surface area contributed by atoms with Crippen molar-refractivity contribution in [1.82, 2.24) is 34.6 Å². The lowest BCUT2D eigenvalue weighted by Gasteiger charge is -2.07. The molecule has 0 fully saturated rings. The van der Waals surface area contributed by atoms with E-state index in [4.69, 9.17) is 10.1 Å². The molecular weight excluding hydrogens is 362 g/mol. The van der Waals surface area contributed by atoms with E-state index in [0.29, 0.717) is 0 Å². The topological polar surface area (TPSA) is 73.8 Å². The minimum absolute atomic E-state index is 0.725. The normalized spacial score (nSPS) is 11.6. The largest absolute Gasteiger partial charge is 0.248 e. The zero-order valence-corrected chi connectivity index (χ0v) is 15.6. The number of benzene rings is 2. The summed E-state index contributed by atoms with van der Waals surface area (Å²) >= 11 is 0. The summed E-state index contributed by atoms with van der Waals surface area (Å²) in [7, 11) is 0. The van der Waals surface area contributed by atoms with Crippen molar-refractivity contribution in [3.05, 3.63) is 78.9 Å². The monoisotopic (exact) mass is 377 g/mol. The molecule has 0 aliphatic carbocycles. The molecule has 0 unspecified atom stereocenters. The van der Waals surface area contributed by atoms with Gasteiger partial charge < -0.3 is 0 Å². The van der Waals surface area contributed by atoms with E-state index >= 15 is 0 Å². The van der Waals surface area contributed by atoms with Crippen molar-refractivity contribution in [1.29, 1.82) is 0 Å². The second-order valence-corrected chi connectivity index (χ2v) is 6.91. The molecule has 7 heteroatoms. The second kappa shape index (κ2) is 5.93. The third kappa shape index (κ3) is 2.41. The molecule has 0 radical (unpaired) electrons. The van der Waals surface area contributed by atoms with Gasteiger partial charge in [0.1, 0.15) is 0 Å². The summed E-state index contributed by atoms with van der Waals surface area (Å²) in [6.07, 6.45) is 3.77. The van der Waals surface area contributed by atoms with E-state index in [2.05, 4.69) is 27.4 Å². The minimum atomic E-state index is 0.725. The van der Waals surface area contributed by atoms with Crippen LogP contribution in [0.25, 0.3) is 44.4 Å². The average Bonchev–Trinajstić information content (AvgIpc) is 3.40. The SMILES string of the molecule is Cc1nnc2c3ccccc3c(-n3cc(-c4ccc5ccccc5n4)cn3)nn12. The summed E-state index contributed by atoms with van der Waals surface area (Å²) in [5.74, 6) is 1.46. The first kappa shape index (κ1) is 15.9. The van der Waals surface area contributed by atoms with Crippen LogP contribution in [0.3, 0.4) is 0 Å². The number of nitrogens with zero attached hydrogens (tertiary/aromatic N) is 7. The molecule has 29 heavy (non-hydrogen) atoms. The van der Waals surface area contributed by atoms with Gasteiger partial charge in [-0.1, -0.05) is 48.5 Å². The Morgan fingerprint density at radius 1 is 0.828 bits per heavy atom. The van der Waals surface area contributed by atoms with Gasteiger partial charge in [0, 0.05) is 27.9 Å². The first-order chi connectivity index (χ1) is 14.3. The number of aryl methyl sites for hydroxylation is 1. The van der Waals surface area contributed by atoms with Crippen LogP contribution in [0.5, 0.6) is 0 Å². The van der Waals surface area contributed by atoms with Crippen LogP contribution < -0.4 is 0 Å². The predicted molar refractivity (Wildman–Crippen MR) is 111 cm³/mol. The Morgan fingerprint density at radius 3 is 2.59 bits per heavy atom. The molecule has 0 aliphatic heterocycles. The Kier molecular flexibility index (Phi) is 3.25. The summed E-state index contributed by atoms with van der Waals surface area (Å²) in [4.78, 5) is 4.77. The highest BCUT2D eigenvalue weighted by Gasteiger charge is 2.15. The fourth-order valence-electron chi connectivity index (χ4n) is 3.63. The lowest BCUT2D eigenvalue weighted by Crippen LogP contribution is -2.05. The second-order valence-electron chi connectivity index (χ2n) is 6.91. The molecule has 0 amide bonds. The van der Waals surface area contributed by atoms with Gasteiger partial charge in [-0.2, -0.15) is 9.61 Å². The summed E-state index contributed by atoms with van der Waals surface area (Å²) in [6, 6.07) is 20.2. The standard InChI is InChI=1S/C22H15N7/c1-14-25-26-21-17-7-3-4-8-18(17)22(27-29(14)21)28-13-16(12-23-28)20-11-10-15-6-2-5-9-19(15)24-20/h2-13H,1H3. The first-order valence-corrected chi connectivity index (χ1v) is 9.30. The van der Waals surface area contributed by atoms with Crippen molar-refractivity contribution in [2.24, 2.45) is 0 Å². The van der Waals surface area contributed by atoms with Crippen LogP contribution in [-0.2, 0) is 0 Å². The highest BCUT2D eigenvalue weighted by Crippen LogP contribution is 2.26. The molecule has 2 aromatic carbocycles. The van der Waals surface area contributed by atoms with Crippen molar-refractivity contribution in [3.8, 4) is 17.1 Å². The Balaban J connectivity index is 1.55. The van der Waals surface area contributed by atoms with Crippen molar-refractivity contribution in [2.45, 2.75) is 6.92 Å². The number of fused-ring (bicyclic) bond motifs is 4. The molecule has 7 nitrogen and oxygen atoms in total. The van der Waals surface area contributed by atoms with Gasteiger partial charge in [0.05, 0.1) is 17.4 Å². The van der Waals surface area contributed by atoms with E-state index in [1.165, 1.54) is 0 Å². The van der Waals surface area contributed by atoms with Crippen molar-refractivity contribution in [3.63, 3.8) is 0 Å². The van der Waals surface area contributed by atoms with Gasteiger partial charge >= 0.3 is 0 Å². The fourth-order valence-corrected chi connectivity index (χ4v) is 3.63. The molecule has 0 atom stereocenters. The first-order valence-electron chi connectivity index (χ1n) is 9.30. The van der Waals surface area contributed by atoms with Crippen LogP contribution in [0.4, 0.5) is 0 Å². The Hall–Kier alpha value is -4.13. The molecule has 6 rings (SSSR count). The molecule has 0 N–H and O–H groups in total. The molecule has 0 saturated heterocycles. The molecule has 4 aromatic heterocycles.